The molecule has 4 nitrogen and oxygen atoms in total. The van der Waals surface area contributed by atoms with Crippen LogP contribution in [0.25, 0.3) is 21.3 Å². The van der Waals surface area contributed by atoms with Gasteiger partial charge >= 0.3 is 0 Å². The van der Waals surface area contributed by atoms with Crippen molar-refractivity contribution in [1.29, 1.82) is 5.26 Å². The van der Waals surface area contributed by atoms with Gasteiger partial charge in [-0.05, 0) is 67.7 Å². The van der Waals surface area contributed by atoms with E-state index in [4.69, 9.17) is 10.2 Å². The standard InChI is InChI=1S/C22H22N4S/c23-14-16-3-5-17(6-4-16)18-7-8-20-21(13-18)27-22(24-20)26-12-9-19(15-26)25-10-1-2-11-25/h3-8,13,19H,1-2,9-12,15H2. The van der Waals surface area contributed by atoms with Crippen LogP contribution in [0.4, 0.5) is 5.13 Å². The van der Waals surface area contributed by atoms with Gasteiger partial charge in [-0.1, -0.05) is 29.5 Å². The van der Waals surface area contributed by atoms with Gasteiger partial charge in [0.15, 0.2) is 5.13 Å². The molecule has 2 aromatic carbocycles. The maximum atomic E-state index is 8.97. The van der Waals surface area contributed by atoms with E-state index in [1.54, 1.807) is 11.3 Å². The molecule has 2 fully saturated rings. The lowest BCUT2D eigenvalue weighted by Gasteiger charge is -2.23. The van der Waals surface area contributed by atoms with Crippen LogP contribution in [-0.2, 0) is 0 Å². The number of hydrogen-bond acceptors (Lipinski definition) is 5. The Hall–Kier alpha value is -2.42. The number of thiazole rings is 1. The smallest absolute Gasteiger partial charge is 0.186 e. The van der Waals surface area contributed by atoms with Crippen LogP contribution >= 0.6 is 11.3 Å². The Bertz CT molecular complexity index is 995. The Labute approximate surface area is 163 Å². The lowest BCUT2D eigenvalue weighted by Crippen LogP contribution is -2.35. The van der Waals surface area contributed by atoms with Crippen LogP contribution in [0, 0.1) is 11.3 Å². The largest absolute Gasteiger partial charge is 0.346 e. The summed E-state index contributed by atoms with van der Waals surface area (Å²) in [5.74, 6) is 0. The second-order valence-corrected chi connectivity index (χ2v) is 8.51. The molecule has 2 aliphatic rings. The van der Waals surface area contributed by atoms with Crippen molar-refractivity contribution in [2.75, 3.05) is 31.1 Å². The van der Waals surface area contributed by atoms with Gasteiger partial charge in [0.2, 0.25) is 0 Å². The first-order chi connectivity index (χ1) is 13.3. The number of nitriles is 1. The third-order valence-electron chi connectivity index (χ3n) is 5.82. The van der Waals surface area contributed by atoms with Crippen molar-refractivity contribution in [3.63, 3.8) is 0 Å². The molecule has 0 spiro atoms. The summed E-state index contributed by atoms with van der Waals surface area (Å²) in [5, 5.41) is 10.1. The van der Waals surface area contributed by atoms with Crippen molar-refractivity contribution in [3.05, 3.63) is 48.0 Å². The number of aromatic nitrogens is 1. The molecule has 5 rings (SSSR count). The molecule has 3 heterocycles. The number of anilines is 1. The average molecular weight is 375 g/mol. The molecule has 136 valence electrons. The molecule has 1 aromatic heterocycles. The zero-order valence-corrected chi connectivity index (χ0v) is 16.1. The molecule has 0 N–H and O–H groups in total. The Morgan fingerprint density at radius 3 is 2.56 bits per heavy atom. The van der Waals surface area contributed by atoms with E-state index in [1.165, 1.54) is 42.6 Å². The van der Waals surface area contributed by atoms with E-state index in [9.17, 15) is 0 Å². The van der Waals surface area contributed by atoms with Crippen molar-refractivity contribution < 1.29 is 0 Å². The molecule has 0 saturated carbocycles. The first-order valence-corrected chi connectivity index (χ1v) is 10.5. The highest BCUT2D eigenvalue weighted by Gasteiger charge is 2.30. The Morgan fingerprint density at radius 2 is 1.78 bits per heavy atom. The number of likely N-dealkylation sites (tertiary alicyclic amines) is 1. The normalized spacial score (nSPS) is 20.4. The predicted octanol–water partition coefficient (Wildman–Crippen LogP) is 4.51. The van der Waals surface area contributed by atoms with Crippen LogP contribution in [0.1, 0.15) is 24.8 Å². The van der Waals surface area contributed by atoms with Crippen molar-refractivity contribution in [2.45, 2.75) is 25.3 Å². The Balaban J connectivity index is 1.38. The second-order valence-electron chi connectivity index (χ2n) is 7.50. The Kier molecular flexibility index (Phi) is 4.31. The van der Waals surface area contributed by atoms with Gasteiger partial charge in [-0.15, -0.1) is 0 Å². The summed E-state index contributed by atoms with van der Waals surface area (Å²) >= 11 is 1.80. The van der Waals surface area contributed by atoms with E-state index >= 15 is 0 Å². The number of benzene rings is 2. The zero-order valence-electron chi connectivity index (χ0n) is 15.3. The second kappa shape index (κ2) is 6.95. The topological polar surface area (TPSA) is 43.2 Å². The SMILES string of the molecule is N#Cc1ccc(-c2ccc3nc(N4CCC(N5CCCC5)C4)sc3c2)cc1. The van der Waals surface area contributed by atoms with Crippen LogP contribution in [-0.4, -0.2) is 42.1 Å². The first kappa shape index (κ1) is 16.7. The van der Waals surface area contributed by atoms with Gasteiger partial charge in [-0.3, -0.25) is 4.90 Å². The van der Waals surface area contributed by atoms with E-state index in [-0.39, 0.29) is 0 Å². The van der Waals surface area contributed by atoms with E-state index in [0.717, 1.165) is 29.3 Å². The highest BCUT2D eigenvalue weighted by Crippen LogP contribution is 2.34. The molecule has 1 atom stereocenters. The van der Waals surface area contributed by atoms with Crippen molar-refractivity contribution in [2.24, 2.45) is 0 Å². The molecule has 27 heavy (non-hydrogen) atoms. The summed E-state index contributed by atoms with van der Waals surface area (Å²) in [6, 6.07) is 17.1. The van der Waals surface area contributed by atoms with Gasteiger partial charge in [0.25, 0.3) is 0 Å². The summed E-state index contributed by atoms with van der Waals surface area (Å²) in [4.78, 5) is 10.0. The summed E-state index contributed by atoms with van der Waals surface area (Å²) in [6.07, 6.45) is 3.97. The van der Waals surface area contributed by atoms with E-state index < -0.39 is 0 Å². The molecule has 0 bridgehead atoms. The predicted molar refractivity (Wildman–Crippen MR) is 111 cm³/mol. The first-order valence-electron chi connectivity index (χ1n) is 9.70. The number of nitrogens with zero attached hydrogens (tertiary/aromatic N) is 4. The molecule has 0 aliphatic carbocycles. The fourth-order valence-corrected chi connectivity index (χ4v) is 5.32. The van der Waals surface area contributed by atoms with Gasteiger partial charge in [-0.25, -0.2) is 4.98 Å². The van der Waals surface area contributed by atoms with Gasteiger partial charge in [0.05, 0.1) is 21.8 Å². The molecule has 2 saturated heterocycles. The lowest BCUT2D eigenvalue weighted by molar-refractivity contribution is 0.260. The van der Waals surface area contributed by atoms with Gasteiger partial charge in [0, 0.05) is 19.1 Å². The fraction of sp³-hybridized carbons (Fsp3) is 0.364. The van der Waals surface area contributed by atoms with Crippen molar-refractivity contribution >= 4 is 26.7 Å². The van der Waals surface area contributed by atoms with Crippen molar-refractivity contribution in [3.8, 4) is 17.2 Å². The highest BCUT2D eigenvalue weighted by molar-refractivity contribution is 7.22. The van der Waals surface area contributed by atoms with Crippen LogP contribution in [0.2, 0.25) is 0 Å². The number of fused-ring (bicyclic) bond motifs is 1. The minimum atomic E-state index is 0.696. The minimum absolute atomic E-state index is 0.696. The molecule has 5 heteroatoms. The van der Waals surface area contributed by atoms with Crippen LogP contribution < -0.4 is 4.90 Å². The highest BCUT2D eigenvalue weighted by atomic mass is 32.1. The lowest BCUT2D eigenvalue weighted by atomic mass is 10.0. The number of rotatable bonds is 3. The average Bonchev–Trinajstić information content (AvgIpc) is 3.46. The van der Waals surface area contributed by atoms with Crippen LogP contribution in [0.15, 0.2) is 42.5 Å². The zero-order chi connectivity index (χ0) is 18.2. The molecule has 0 radical (unpaired) electrons. The summed E-state index contributed by atoms with van der Waals surface area (Å²) in [5.41, 5.74) is 4.10. The number of hydrogen-bond donors (Lipinski definition) is 0. The van der Waals surface area contributed by atoms with E-state index in [0.29, 0.717) is 11.6 Å². The van der Waals surface area contributed by atoms with E-state index in [1.807, 2.05) is 24.3 Å². The van der Waals surface area contributed by atoms with Gasteiger partial charge < -0.3 is 4.90 Å². The van der Waals surface area contributed by atoms with Gasteiger partial charge in [0.1, 0.15) is 0 Å². The molecule has 0 amide bonds. The maximum Gasteiger partial charge on any atom is 0.186 e. The van der Waals surface area contributed by atoms with Crippen LogP contribution in [0.3, 0.4) is 0 Å². The summed E-state index contributed by atoms with van der Waals surface area (Å²) < 4.78 is 1.23. The third kappa shape index (κ3) is 3.20. The monoisotopic (exact) mass is 374 g/mol. The fourth-order valence-electron chi connectivity index (χ4n) is 4.28. The summed E-state index contributed by atoms with van der Waals surface area (Å²) in [6.45, 7) is 4.77. The molecular formula is C22H22N4S. The minimum Gasteiger partial charge on any atom is -0.346 e. The van der Waals surface area contributed by atoms with Crippen molar-refractivity contribution in [1.82, 2.24) is 9.88 Å². The molecule has 1 unspecified atom stereocenters. The third-order valence-corrected chi connectivity index (χ3v) is 6.89. The Morgan fingerprint density at radius 1 is 1.00 bits per heavy atom. The maximum absolute atomic E-state index is 8.97. The van der Waals surface area contributed by atoms with Gasteiger partial charge in [-0.2, -0.15) is 5.26 Å². The van der Waals surface area contributed by atoms with E-state index in [2.05, 4.69) is 34.1 Å². The summed E-state index contributed by atoms with van der Waals surface area (Å²) in [7, 11) is 0. The molecule has 2 aliphatic heterocycles. The molecular weight excluding hydrogens is 352 g/mol. The quantitative estimate of drug-likeness (QED) is 0.676. The van der Waals surface area contributed by atoms with Crippen LogP contribution in [0.5, 0.6) is 0 Å². The molecule has 3 aromatic rings.